The van der Waals surface area contributed by atoms with Gasteiger partial charge in [0.25, 0.3) is 5.91 Å². The van der Waals surface area contributed by atoms with Gasteiger partial charge in [0.05, 0.1) is 18.9 Å². The SMILES string of the molecule is COc1c(C)cc(CN(C)C(=O)c2cn[nH]c2C)cc1C. The topological polar surface area (TPSA) is 58.2 Å². The van der Waals surface area contributed by atoms with Crippen molar-refractivity contribution in [2.45, 2.75) is 27.3 Å². The van der Waals surface area contributed by atoms with E-state index in [2.05, 4.69) is 22.3 Å². The van der Waals surface area contributed by atoms with E-state index in [1.807, 2.05) is 20.8 Å². The lowest BCUT2D eigenvalue weighted by atomic mass is 10.1. The van der Waals surface area contributed by atoms with Crippen LogP contribution in [0.3, 0.4) is 0 Å². The van der Waals surface area contributed by atoms with Gasteiger partial charge in [0.15, 0.2) is 0 Å². The van der Waals surface area contributed by atoms with Crippen LogP contribution in [0.2, 0.25) is 0 Å². The lowest BCUT2D eigenvalue weighted by Gasteiger charge is -2.18. The summed E-state index contributed by atoms with van der Waals surface area (Å²) in [4.78, 5) is 14.1. The van der Waals surface area contributed by atoms with Crippen molar-refractivity contribution in [3.63, 3.8) is 0 Å². The van der Waals surface area contributed by atoms with Gasteiger partial charge in [0.1, 0.15) is 5.75 Å². The molecule has 0 unspecified atom stereocenters. The third-order valence-electron chi connectivity index (χ3n) is 3.55. The number of rotatable bonds is 4. The molecule has 0 saturated heterocycles. The molecule has 112 valence electrons. The van der Waals surface area contributed by atoms with E-state index in [1.165, 1.54) is 0 Å². The fourth-order valence-electron chi connectivity index (χ4n) is 2.57. The molecule has 2 rings (SSSR count). The number of benzene rings is 1. The number of aromatic nitrogens is 2. The zero-order chi connectivity index (χ0) is 15.6. The first kappa shape index (κ1) is 15.1. The highest BCUT2D eigenvalue weighted by Gasteiger charge is 2.16. The van der Waals surface area contributed by atoms with Gasteiger partial charge in [-0.3, -0.25) is 9.89 Å². The Morgan fingerprint density at radius 3 is 2.38 bits per heavy atom. The summed E-state index contributed by atoms with van der Waals surface area (Å²) in [6.45, 7) is 6.42. The molecule has 21 heavy (non-hydrogen) atoms. The molecule has 0 spiro atoms. The minimum absolute atomic E-state index is 0.0348. The van der Waals surface area contributed by atoms with Gasteiger partial charge >= 0.3 is 0 Å². The Morgan fingerprint density at radius 2 is 1.90 bits per heavy atom. The number of carbonyl (C=O) groups is 1. The van der Waals surface area contributed by atoms with Gasteiger partial charge < -0.3 is 9.64 Å². The fraction of sp³-hybridized carbons (Fsp3) is 0.375. The van der Waals surface area contributed by atoms with Crippen molar-refractivity contribution in [1.29, 1.82) is 0 Å². The molecule has 5 heteroatoms. The summed E-state index contributed by atoms with van der Waals surface area (Å²) in [5.74, 6) is 0.866. The first-order valence-electron chi connectivity index (χ1n) is 6.83. The van der Waals surface area contributed by atoms with Crippen LogP contribution in [0, 0.1) is 20.8 Å². The molecule has 2 aromatic rings. The second-order valence-corrected chi connectivity index (χ2v) is 5.33. The molecular formula is C16H21N3O2. The zero-order valence-electron chi connectivity index (χ0n) is 13.2. The van der Waals surface area contributed by atoms with Gasteiger partial charge in [0, 0.05) is 19.3 Å². The maximum Gasteiger partial charge on any atom is 0.257 e. The second kappa shape index (κ2) is 5.99. The Balaban J connectivity index is 2.18. The maximum atomic E-state index is 12.4. The molecule has 1 heterocycles. The van der Waals surface area contributed by atoms with Crippen LogP contribution in [0.4, 0.5) is 0 Å². The van der Waals surface area contributed by atoms with Gasteiger partial charge in [-0.25, -0.2) is 0 Å². The molecule has 0 aliphatic carbocycles. The van der Waals surface area contributed by atoms with Crippen molar-refractivity contribution in [2.24, 2.45) is 0 Å². The highest BCUT2D eigenvalue weighted by Crippen LogP contribution is 2.25. The Morgan fingerprint density at radius 1 is 1.29 bits per heavy atom. The molecule has 0 saturated carbocycles. The number of hydrogen-bond donors (Lipinski definition) is 1. The smallest absolute Gasteiger partial charge is 0.257 e. The summed E-state index contributed by atoms with van der Waals surface area (Å²) in [7, 11) is 3.47. The van der Waals surface area contributed by atoms with E-state index in [9.17, 15) is 4.79 Å². The number of aryl methyl sites for hydroxylation is 3. The predicted molar refractivity (Wildman–Crippen MR) is 81.6 cm³/mol. The number of carbonyl (C=O) groups excluding carboxylic acids is 1. The van der Waals surface area contributed by atoms with Gasteiger partial charge in [-0.15, -0.1) is 0 Å². The molecular weight excluding hydrogens is 266 g/mol. The summed E-state index contributed by atoms with van der Waals surface area (Å²) in [6, 6.07) is 4.11. The number of methoxy groups -OCH3 is 1. The minimum atomic E-state index is -0.0348. The van der Waals surface area contributed by atoms with E-state index in [1.54, 1.807) is 25.3 Å². The molecule has 1 amide bonds. The number of H-pyrrole nitrogens is 1. The number of hydrogen-bond acceptors (Lipinski definition) is 3. The Kier molecular flexibility index (Phi) is 4.31. The first-order chi connectivity index (χ1) is 9.93. The molecule has 5 nitrogen and oxygen atoms in total. The lowest BCUT2D eigenvalue weighted by Crippen LogP contribution is -2.26. The molecule has 0 bridgehead atoms. The van der Waals surface area contributed by atoms with E-state index in [0.717, 1.165) is 28.1 Å². The Hall–Kier alpha value is -2.30. The highest BCUT2D eigenvalue weighted by atomic mass is 16.5. The quantitative estimate of drug-likeness (QED) is 0.940. The number of aromatic amines is 1. The lowest BCUT2D eigenvalue weighted by molar-refractivity contribution is 0.0784. The van der Waals surface area contributed by atoms with Crippen LogP contribution < -0.4 is 4.74 Å². The van der Waals surface area contributed by atoms with Crippen LogP contribution in [0.15, 0.2) is 18.3 Å². The van der Waals surface area contributed by atoms with Crippen molar-refractivity contribution < 1.29 is 9.53 Å². The van der Waals surface area contributed by atoms with E-state index >= 15 is 0 Å². The summed E-state index contributed by atoms with van der Waals surface area (Å²) < 4.78 is 5.36. The summed E-state index contributed by atoms with van der Waals surface area (Å²) in [5.41, 5.74) is 4.64. The fourth-order valence-corrected chi connectivity index (χ4v) is 2.57. The molecule has 1 aromatic carbocycles. The van der Waals surface area contributed by atoms with Crippen LogP contribution >= 0.6 is 0 Å². The molecule has 0 fully saturated rings. The number of nitrogens with zero attached hydrogens (tertiary/aromatic N) is 2. The maximum absolute atomic E-state index is 12.4. The number of ether oxygens (including phenoxy) is 1. The predicted octanol–water partition coefficient (Wildman–Crippen LogP) is 2.62. The van der Waals surface area contributed by atoms with Gasteiger partial charge in [-0.2, -0.15) is 5.10 Å². The summed E-state index contributed by atoms with van der Waals surface area (Å²) in [5, 5.41) is 6.68. The van der Waals surface area contributed by atoms with Crippen LogP contribution in [-0.2, 0) is 6.54 Å². The monoisotopic (exact) mass is 287 g/mol. The van der Waals surface area contributed by atoms with E-state index in [-0.39, 0.29) is 5.91 Å². The summed E-state index contributed by atoms with van der Waals surface area (Å²) in [6.07, 6.45) is 1.57. The molecule has 1 aromatic heterocycles. The Labute approximate surface area is 124 Å². The Bertz CT molecular complexity index is 638. The van der Waals surface area contributed by atoms with Crippen LogP contribution in [0.1, 0.15) is 32.7 Å². The standard InChI is InChI=1S/C16H21N3O2/c1-10-6-13(7-11(2)15(10)21-5)9-19(4)16(20)14-8-17-18-12(14)3/h6-8H,9H2,1-5H3,(H,17,18). The summed E-state index contributed by atoms with van der Waals surface area (Å²) >= 11 is 0. The van der Waals surface area contributed by atoms with Crippen LogP contribution in [0.25, 0.3) is 0 Å². The molecule has 0 radical (unpaired) electrons. The van der Waals surface area contributed by atoms with Crippen molar-refractivity contribution in [2.75, 3.05) is 14.2 Å². The second-order valence-electron chi connectivity index (χ2n) is 5.33. The molecule has 0 aliphatic heterocycles. The number of amides is 1. The average molecular weight is 287 g/mol. The van der Waals surface area contributed by atoms with Crippen molar-refractivity contribution in [1.82, 2.24) is 15.1 Å². The highest BCUT2D eigenvalue weighted by molar-refractivity contribution is 5.94. The number of nitrogens with one attached hydrogen (secondary N) is 1. The third kappa shape index (κ3) is 3.07. The molecule has 1 N–H and O–H groups in total. The van der Waals surface area contributed by atoms with Crippen molar-refractivity contribution in [3.8, 4) is 5.75 Å². The normalized spacial score (nSPS) is 10.5. The van der Waals surface area contributed by atoms with Crippen molar-refractivity contribution in [3.05, 3.63) is 46.3 Å². The zero-order valence-corrected chi connectivity index (χ0v) is 13.2. The third-order valence-corrected chi connectivity index (χ3v) is 3.55. The van der Waals surface area contributed by atoms with Gasteiger partial charge in [0.2, 0.25) is 0 Å². The van der Waals surface area contributed by atoms with E-state index in [0.29, 0.717) is 12.1 Å². The first-order valence-corrected chi connectivity index (χ1v) is 6.83. The van der Waals surface area contributed by atoms with E-state index in [4.69, 9.17) is 4.74 Å². The van der Waals surface area contributed by atoms with Crippen LogP contribution in [-0.4, -0.2) is 35.2 Å². The molecule has 0 aliphatic rings. The largest absolute Gasteiger partial charge is 0.496 e. The van der Waals surface area contributed by atoms with Crippen LogP contribution in [0.5, 0.6) is 5.75 Å². The van der Waals surface area contributed by atoms with E-state index < -0.39 is 0 Å². The minimum Gasteiger partial charge on any atom is -0.496 e. The van der Waals surface area contributed by atoms with Gasteiger partial charge in [-0.05, 0) is 37.5 Å². The van der Waals surface area contributed by atoms with Gasteiger partial charge in [-0.1, -0.05) is 12.1 Å². The molecule has 0 atom stereocenters. The van der Waals surface area contributed by atoms with Crippen molar-refractivity contribution >= 4 is 5.91 Å². The average Bonchev–Trinajstić information content (AvgIpc) is 2.83.